The molecule has 0 spiro atoms. The third-order valence-electron chi connectivity index (χ3n) is 3.96. The summed E-state index contributed by atoms with van der Waals surface area (Å²) < 4.78 is 11.3. The van der Waals surface area contributed by atoms with Crippen molar-refractivity contribution in [3.63, 3.8) is 0 Å². The summed E-state index contributed by atoms with van der Waals surface area (Å²) in [6.45, 7) is 1.13. The van der Waals surface area contributed by atoms with Gasteiger partial charge >= 0.3 is 0 Å². The molecule has 2 aromatic carbocycles. The monoisotopic (exact) mass is 374 g/mol. The van der Waals surface area contributed by atoms with Crippen LogP contribution in [0.3, 0.4) is 0 Å². The molecule has 136 valence electrons. The molecule has 2 aromatic rings. The largest absolute Gasteiger partial charge is 0.490 e. The number of halogens is 1. The van der Waals surface area contributed by atoms with Crippen molar-refractivity contribution in [3.8, 4) is 5.75 Å². The average molecular weight is 375 g/mol. The SMILES string of the molecule is O=C(NNC(=O)c1ccccc1OC[C@H]1CCCO1)c1cccc(Cl)c1. The molecule has 1 heterocycles. The van der Waals surface area contributed by atoms with Gasteiger partial charge in [-0.05, 0) is 43.2 Å². The van der Waals surface area contributed by atoms with Crippen molar-refractivity contribution < 1.29 is 19.1 Å². The summed E-state index contributed by atoms with van der Waals surface area (Å²) in [6.07, 6.45) is 2.02. The summed E-state index contributed by atoms with van der Waals surface area (Å²) in [5.41, 5.74) is 5.44. The second-order valence-corrected chi connectivity index (χ2v) is 6.30. The van der Waals surface area contributed by atoms with Crippen LogP contribution in [0.15, 0.2) is 48.5 Å². The number of hydrazine groups is 1. The molecular formula is C19H19ClN2O4. The lowest BCUT2D eigenvalue weighted by molar-refractivity contribution is 0.0669. The Morgan fingerprint density at radius 1 is 1.12 bits per heavy atom. The van der Waals surface area contributed by atoms with Gasteiger partial charge in [-0.15, -0.1) is 0 Å². The molecule has 1 fully saturated rings. The number of amides is 2. The van der Waals surface area contributed by atoms with Crippen LogP contribution < -0.4 is 15.6 Å². The van der Waals surface area contributed by atoms with E-state index in [-0.39, 0.29) is 6.10 Å². The summed E-state index contributed by atoms with van der Waals surface area (Å²) in [7, 11) is 0. The number of ether oxygens (including phenoxy) is 2. The summed E-state index contributed by atoms with van der Waals surface area (Å²) >= 11 is 5.86. The lowest BCUT2D eigenvalue weighted by Gasteiger charge is -2.14. The van der Waals surface area contributed by atoms with Crippen LogP contribution in [-0.2, 0) is 4.74 Å². The summed E-state index contributed by atoms with van der Waals surface area (Å²) in [5, 5.41) is 0.442. The third kappa shape index (κ3) is 4.74. The number of hydrogen-bond acceptors (Lipinski definition) is 4. The minimum Gasteiger partial charge on any atom is -0.490 e. The zero-order valence-electron chi connectivity index (χ0n) is 14.0. The fourth-order valence-corrected chi connectivity index (χ4v) is 2.81. The fraction of sp³-hybridized carbons (Fsp3) is 0.263. The van der Waals surface area contributed by atoms with Crippen molar-refractivity contribution >= 4 is 23.4 Å². The first-order valence-electron chi connectivity index (χ1n) is 8.33. The smallest absolute Gasteiger partial charge is 0.273 e. The van der Waals surface area contributed by atoms with E-state index in [0.717, 1.165) is 19.4 Å². The quantitative estimate of drug-likeness (QED) is 0.789. The van der Waals surface area contributed by atoms with Gasteiger partial charge in [-0.1, -0.05) is 29.8 Å². The molecule has 3 rings (SSSR count). The molecule has 0 radical (unpaired) electrons. The van der Waals surface area contributed by atoms with E-state index in [0.29, 0.717) is 28.5 Å². The van der Waals surface area contributed by atoms with Gasteiger partial charge in [0.25, 0.3) is 11.8 Å². The Bertz CT molecular complexity index is 791. The van der Waals surface area contributed by atoms with Crippen molar-refractivity contribution in [1.29, 1.82) is 0 Å². The summed E-state index contributed by atoms with van der Waals surface area (Å²) in [6, 6.07) is 13.3. The van der Waals surface area contributed by atoms with Gasteiger partial charge in [0.05, 0.1) is 11.7 Å². The van der Waals surface area contributed by atoms with Crippen molar-refractivity contribution in [2.75, 3.05) is 13.2 Å². The second-order valence-electron chi connectivity index (χ2n) is 5.86. The Morgan fingerprint density at radius 2 is 1.92 bits per heavy atom. The lowest BCUT2D eigenvalue weighted by Crippen LogP contribution is -2.41. The minimum atomic E-state index is -0.469. The van der Waals surface area contributed by atoms with Gasteiger partial charge in [-0.3, -0.25) is 20.4 Å². The van der Waals surface area contributed by atoms with Crippen LogP contribution in [0.25, 0.3) is 0 Å². The first-order valence-corrected chi connectivity index (χ1v) is 8.71. The molecular weight excluding hydrogens is 356 g/mol. The van der Waals surface area contributed by atoms with Crippen LogP contribution >= 0.6 is 11.6 Å². The molecule has 26 heavy (non-hydrogen) atoms. The minimum absolute atomic E-state index is 0.0497. The van der Waals surface area contributed by atoms with E-state index in [1.54, 1.807) is 42.5 Å². The predicted molar refractivity (Wildman–Crippen MR) is 97.3 cm³/mol. The standard InChI is InChI=1S/C19H19ClN2O4/c20-14-6-3-5-13(11-14)18(23)21-22-19(24)16-8-1-2-9-17(16)26-12-15-7-4-10-25-15/h1-3,5-6,8-9,11,15H,4,7,10,12H2,(H,21,23)(H,22,24)/t15-/m1/s1. The molecule has 0 bridgehead atoms. The molecule has 0 saturated carbocycles. The van der Waals surface area contributed by atoms with Crippen molar-refractivity contribution in [3.05, 3.63) is 64.7 Å². The number of benzene rings is 2. The highest BCUT2D eigenvalue weighted by Crippen LogP contribution is 2.20. The molecule has 1 atom stereocenters. The zero-order chi connectivity index (χ0) is 18.4. The van der Waals surface area contributed by atoms with E-state index >= 15 is 0 Å². The number of nitrogens with one attached hydrogen (secondary N) is 2. The number of rotatable bonds is 5. The van der Waals surface area contributed by atoms with Crippen LogP contribution in [0.1, 0.15) is 33.6 Å². The van der Waals surface area contributed by atoms with Gasteiger partial charge in [0.2, 0.25) is 0 Å². The van der Waals surface area contributed by atoms with Gasteiger partial charge in [-0.2, -0.15) is 0 Å². The van der Waals surface area contributed by atoms with Gasteiger partial charge in [-0.25, -0.2) is 0 Å². The molecule has 0 aliphatic carbocycles. The molecule has 6 nitrogen and oxygen atoms in total. The fourth-order valence-electron chi connectivity index (χ4n) is 2.62. The van der Waals surface area contributed by atoms with Crippen LogP contribution in [-0.4, -0.2) is 31.1 Å². The van der Waals surface area contributed by atoms with E-state index < -0.39 is 11.8 Å². The number of para-hydroxylation sites is 1. The molecule has 0 aromatic heterocycles. The first-order chi connectivity index (χ1) is 12.6. The van der Waals surface area contributed by atoms with E-state index in [4.69, 9.17) is 21.1 Å². The van der Waals surface area contributed by atoms with E-state index in [1.807, 2.05) is 0 Å². The normalized spacial score (nSPS) is 16.1. The van der Waals surface area contributed by atoms with Gasteiger partial charge in [0.15, 0.2) is 0 Å². The molecule has 0 unspecified atom stereocenters. The Balaban J connectivity index is 1.59. The lowest BCUT2D eigenvalue weighted by atomic mass is 10.2. The Labute approximate surface area is 156 Å². The molecule has 2 amide bonds. The summed E-state index contributed by atoms with van der Waals surface area (Å²) in [5.74, 6) is -0.487. The Morgan fingerprint density at radius 3 is 2.69 bits per heavy atom. The zero-order valence-corrected chi connectivity index (χ0v) is 14.8. The van der Waals surface area contributed by atoms with Crippen molar-refractivity contribution in [2.45, 2.75) is 18.9 Å². The van der Waals surface area contributed by atoms with Gasteiger partial charge < -0.3 is 9.47 Å². The average Bonchev–Trinajstić information content (AvgIpc) is 3.18. The Hall–Kier alpha value is -2.57. The molecule has 1 aliphatic heterocycles. The number of carbonyl (C=O) groups is 2. The van der Waals surface area contributed by atoms with Crippen LogP contribution in [0.5, 0.6) is 5.75 Å². The van der Waals surface area contributed by atoms with Crippen molar-refractivity contribution in [2.24, 2.45) is 0 Å². The van der Waals surface area contributed by atoms with Crippen LogP contribution in [0, 0.1) is 0 Å². The molecule has 1 saturated heterocycles. The number of hydrogen-bond donors (Lipinski definition) is 2. The first kappa shape index (κ1) is 18.2. The Kier molecular flexibility index (Phi) is 6.09. The highest BCUT2D eigenvalue weighted by atomic mass is 35.5. The highest BCUT2D eigenvalue weighted by Gasteiger charge is 2.18. The maximum Gasteiger partial charge on any atom is 0.273 e. The van der Waals surface area contributed by atoms with Gasteiger partial charge in [0.1, 0.15) is 12.4 Å². The van der Waals surface area contributed by atoms with E-state index in [2.05, 4.69) is 10.9 Å². The topological polar surface area (TPSA) is 76.7 Å². The van der Waals surface area contributed by atoms with E-state index in [1.165, 1.54) is 6.07 Å². The highest BCUT2D eigenvalue weighted by molar-refractivity contribution is 6.30. The molecule has 1 aliphatic rings. The van der Waals surface area contributed by atoms with Crippen molar-refractivity contribution in [1.82, 2.24) is 10.9 Å². The number of carbonyl (C=O) groups excluding carboxylic acids is 2. The maximum atomic E-state index is 12.4. The van der Waals surface area contributed by atoms with Crippen LogP contribution in [0.2, 0.25) is 5.02 Å². The summed E-state index contributed by atoms with van der Waals surface area (Å²) in [4.78, 5) is 24.5. The third-order valence-corrected chi connectivity index (χ3v) is 4.19. The molecule has 2 N–H and O–H groups in total. The maximum absolute atomic E-state index is 12.4. The van der Waals surface area contributed by atoms with Gasteiger partial charge in [0, 0.05) is 17.2 Å². The molecule has 7 heteroatoms. The van der Waals surface area contributed by atoms with E-state index in [9.17, 15) is 9.59 Å². The predicted octanol–water partition coefficient (Wildman–Crippen LogP) is 2.97. The van der Waals surface area contributed by atoms with Crippen LogP contribution in [0.4, 0.5) is 0 Å². The second kappa shape index (κ2) is 8.69.